The Morgan fingerprint density at radius 1 is 1.19 bits per heavy atom. The highest BCUT2D eigenvalue weighted by molar-refractivity contribution is 6.33. The van der Waals surface area contributed by atoms with Gasteiger partial charge in [0.15, 0.2) is 0 Å². The lowest BCUT2D eigenvalue weighted by atomic mass is 10.2. The standard InChI is InChI=1S/C17H15ClF3N3O2/c18-13-2-1-11(17(19,20)21)9-14(13)23-12-3-4-22-15(10-12)16(25)24-5-7-26-8-6-24/h1-4,9-10H,5-8H2,(H,22,23). The summed E-state index contributed by atoms with van der Waals surface area (Å²) >= 11 is 5.99. The molecule has 0 aliphatic carbocycles. The Morgan fingerprint density at radius 2 is 1.92 bits per heavy atom. The van der Waals surface area contributed by atoms with Crippen molar-refractivity contribution in [3.05, 3.63) is 52.8 Å². The van der Waals surface area contributed by atoms with Crippen LogP contribution in [0, 0.1) is 0 Å². The molecule has 1 N–H and O–H groups in total. The van der Waals surface area contributed by atoms with Crippen molar-refractivity contribution in [1.29, 1.82) is 0 Å². The molecule has 1 saturated heterocycles. The van der Waals surface area contributed by atoms with Crippen molar-refractivity contribution in [3.8, 4) is 0 Å². The van der Waals surface area contributed by atoms with Gasteiger partial charge in [0.05, 0.1) is 29.5 Å². The smallest absolute Gasteiger partial charge is 0.378 e. The first-order valence-corrected chi connectivity index (χ1v) is 8.19. The minimum absolute atomic E-state index is 0.0949. The number of ether oxygens (including phenoxy) is 1. The molecule has 1 aliphatic rings. The van der Waals surface area contributed by atoms with Gasteiger partial charge >= 0.3 is 6.18 Å². The molecular weight excluding hydrogens is 371 g/mol. The molecule has 1 aliphatic heterocycles. The van der Waals surface area contributed by atoms with Crippen molar-refractivity contribution in [1.82, 2.24) is 9.88 Å². The van der Waals surface area contributed by atoms with Gasteiger partial charge in [0.1, 0.15) is 5.69 Å². The molecule has 0 radical (unpaired) electrons. The van der Waals surface area contributed by atoms with Crippen LogP contribution in [0.15, 0.2) is 36.5 Å². The Labute approximate surface area is 152 Å². The zero-order valence-electron chi connectivity index (χ0n) is 13.5. The predicted octanol–water partition coefficient (Wildman–Crippen LogP) is 3.97. The van der Waals surface area contributed by atoms with E-state index in [-0.39, 0.29) is 22.3 Å². The summed E-state index contributed by atoms with van der Waals surface area (Å²) in [6.45, 7) is 1.86. The summed E-state index contributed by atoms with van der Waals surface area (Å²) in [6, 6.07) is 6.04. The number of nitrogens with one attached hydrogen (secondary N) is 1. The quantitative estimate of drug-likeness (QED) is 0.868. The van der Waals surface area contributed by atoms with Crippen molar-refractivity contribution in [3.63, 3.8) is 0 Å². The lowest BCUT2D eigenvalue weighted by Gasteiger charge is -2.26. The number of morpholine rings is 1. The maximum atomic E-state index is 12.9. The van der Waals surface area contributed by atoms with E-state index in [1.54, 1.807) is 11.0 Å². The van der Waals surface area contributed by atoms with Gasteiger partial charge in [-0.25, -0.2) is 0 Å². The van der Waals surface area contributed by atoms with Crippen LogP contribution in [0.25, 0.3) is 0 Å². The number of carbonyl (C=O) groups is 1. The van der Waals surface area contributed by atoms with E-state index in [0.29, 0.717) is 32.0 Å². The molecule has 0 saturated carbocycles. The van der Waals surface area contributed by atoms with Crippen LogP contribution in [-0.4, -0.2) is 42.1 Å². The van der Waals surface area contributed by atoms with Crippen LogP contribution < -0.4 is 5.32 Å². The van der Waals surface area contributed by atoms with Crippen molar-refractivity contribution in [2.45, 2.75) is 6.18 Å². The first-order valence-electron chi connectivity index (χ1n) is 7.81. The fourth-order valence-corrected chi connectivity index (χ4v) is 2.67. The molecule has 1 amide bonds. The number of amides is 1. The molecular formula is C17H15ClF3N3O2. The summed E-state index contributed by atoms with van der Waals surface area (Å²) in [4.78, 5) is 18.1. The largest absolute Gasteiger partial charge is 0.416 e. The van der Waals surface area contributed by atoms with Gasteiger partial charge in [-0.3, -0.25) is 9.78 Å². The molecule has 1 aromatic heterocycles. The Kier molecular flexibility index (Phi) is 5.33. The number of alkyl halides is 3. The van der Waals surface area contributed by atoms with Gasteiger partial charge in [0, 0.05) is 25.0 Å². The second-order valence-electron chi connectivity index (χ2n) is 5.65. The zero-order valence-corrected chi connectivity index (χ0v) is 14.3. The number of carbonyl (C=O) groups excluding carboxylic acids is 1. The molecule has 2 heterocycles. The SMILES string of the molecule is O=C(c1cc(Nc2cc(C(F)(F)F)ccc2Cl)ccn1)N1CCOCC1. The van der Waals surface area contributed by atoms with Crippen LogP contribution in [0.5, 0.6) is 0 Å². The van der Waals surface area contributed by atoms with Crippen LogP contribution in [0.4, 0.5) is 24.5 Å². The number of aromatic nitrogens is 1. The fourth-order valence-electron chi connectivity index (χ4n) is 2.51. The topological polar surface area (TPSA) is 54.5 Å². The number of hydrogen-bond donors (Lipinski definition) is 1. The second-order valence-corrected chi connectivity index (χ2v) is 6.06. The van der Waals surface area contributed by atoms with Gasteiger partial charge in [0.25, 0.3) is 5.91 Å². The second kappa shape index (κ2) is 7.51. The summed E-state index contributed by atoms with van der Waals surface area (Å²) in [5.41, 5.74) is -0.113. The molecule has 5 nitrogen and oxygen atoms in total. The summed E-state index contributed by atoms with van der Waals surface area (Å²) in [5.74, 6) is -0.257. The molecule has 1 aromatic carbocycles. The first-order chi connectivity index (χ1) is 12.3. The van der Waals surface area contributed by atoms with Crippen LogP contribution in [0.1, 0.15) is 16.1 Å². The van der Waals surface area contributed by atoms with Gasteiger partial charge in [-0.05, 0) is 30.3 Å². The predicted molar refractivity (Wildman–Crippen MR) is 90.7 cm³/mol. The zero-order chi connectivity index (χ0) is 18.7. The highest BCUT2D eigenvalue weighted by Crippen LogP contribution is 2.35. The monoisotopic (exact) mass is 385 g/mol. The minimum atomic E-state index is -4.48. The molecule has 0 spiro atoms. The van der Waals surface area contributed by atoms with E-state index in [4.69, 9.17) is 16.3 Å². The third-order valence-electron chi connectivity index (χ3n) is 3.85. The molecule has 0 atom stereocenters. The highest BCUT2D eigenvalue weighted by atomic mass is 35.5. The normalized spacial score (nSPS) is 15.0. The maximum absolute atomic E-state index is 12.9. The Hall–Kier alpha value is -2.32. The molecule has 2 aromatic rings. The number of rotatable bonds is 3. The van der Waals surface area contributed by atoms with E-state index in [9.17, 15) is 18.0 Å². The molecule has 1 fully saturated rings. The van der Waals surface area contributed by atoms with Crippen LogP contribution in [0.3, 0.4) is 0 Å². The van der Waals surface area contributed by atoms with Gasteiger partial charge in [0.2, 0.25) is 0 Å². The Balaban J connectivity index is 1.82. The van der Waals surface area contributed by atoms with E-state index in [0.717, 1.165) is 12.1 Å². The van der Waals surface area contributed by atoms with Crippen LogP contribution in [-0.2, 0) is 10.9 Å². The fraction of sp³-hybridized carbons (Fsp3) is 0.294. The Bertz CT molecular complexity index is 808. The highest BCUT2D eigenvalue weighted by Gasteiger charge is 2.31. The van der Waals surface area contributed by atoms with E-state index < -0.39 is 11.7 Å². The summed E-state index contributed by atoms with van der Waals surface area (Å²) in [6.07, 6.45) is -3.06. The van der Waals surface area contributed by atoms with Crippen LogP contribution >= 0.6 is 11.6 Å². The average molecular weight is 386 g/mol. The lowest BCUT2D eigenvalue weighted by molar-refractivity contribution is -0.137. The average Bonchev–Trinajstić information content (AvgIpc) is 2.63. The van der Waals surface area contributed by atoms with E-state index in [1.807, 2.05) is 0 Å². The number of anilines is 2. The van der Waals surface area contributed by atoms with E-state index >= 15 is 0 Å². The molecule has 0 bridgehead atoms. The van der Waals surface area contributed by atoms with E-state index in [1.165, 1.54) is 18.3 Å². The van der Waals surface area contributed by atoms with Crippen LogP contribution in [0.2, 0.25) is 5.02 Å². The van der Waals surface area contributed by atoms with E-state index in [2.05, 4.69) is 10.3 Å². The summed E-state index contributed by atoms with van der Waals surface area (Å²) < 4.78 is 43.8. The number of hydrogen-bond acceptors (Lipinski definition) is 4. The number of halogens is 4. The summed E-state index contributed by atoms with van der Waals surface area (Å²) in [5, 5.41) is 2.95. The summed E-state index contributed by atoms with van der Waals surface area (Å²) in [7, 11) is 0. The third kappa shape index (κ3) is 4.25. The van der Waals surface area contributed by atoms with Crippen molar-refractivity contribution in [2.24, 2.45) is 0 Å². The molecule has 26 heavy (non-hydrogen) atoms. The number of nitrogens with zero attached hydrogens (tertiary/aromatic N) is 2. The molecule has 3 rings (SSSR count). The lowest BCUT2D eigenvalue weighted by Crippen LogP contribution is -2.41. The molecule has 138 valence electrons. The maximum Gasteiger partial charge on any atom is 0.416 e. The van der Waals surface area contributed by atoms with Crippen molar-refractivity contribution < 1.29 is 22.7 Å². The third-order valence-corrected chi connectivity index (χ3v) is 4.18. The number of pyridine rings is 1. The minimum Gasteiger partial charge on any atom is -0.378 e. The first kappa shape index (κ1) is 18.5. The Morgan fingerprint density at radius 3 is 2.62 bits per heavy atom. The molecule has 9 heteroatoms. The van der Waals surface area contributed by atoms with Crippen molar-refractivity contribution >= 4 is 28.9 Å². The van der Waals surface area contributed by atoms with Gasteiger partial charge in [-0.15, -0.1) is 0 Å². The van der Waals surface area contributed by atoms with Gasteiger partial charge in [-0.1, -0.05) is 11.6 Å². The molecule has 0 unspecified atom stereocenters. The van der Waals surface area contributed by atoms with Gasteiger partial charge < -0.3 is 15.0 Å². The van der Waals surface area contributed by atoms with Gasteiger partial charge in [-0.2, -0.15) is 13.2 Å². The van der Waals surface area contributed by atoms with Crippen molar-refractivity contribution in [2.75, 3.05) is 31.6 Å². The number of benzene rings is 1.